The lowest BCUT2D eigenvalue weighted by Crippen LogP contribution is -2.46. The van der Waals surface area contributed by atoms with Crippen molar-refractivity contribution in [2.75, 3.05) is 63.8 Å². The lowest BCUT2D eigenvalue weighted by atomic mass is 9.90. The first-order valence-corrected chi connectivity index (χ1v) is 40.0. The standard InChI is InChI=1S/C90H96N8O19S/c1-52(40-92-41-61-16-25-72-77(33-61)114-49-111-72)29-57(6)86(105)96(46-62-17-26-73-78(34-62)115-50-112-73)43-55(4)32-59(8)88(107)97(47-63-18-27-74-79(35-63)116-51-113-74)44-54(3)31-58(7)87(106)95(45-60-13-10-9-11-14-60)42-53(2)30-56(5)85(104)93-28-12-15-81(101)94-71(84(91)103)48-118-80-39-82(102)98(89(80)108)64-19-22-67(70(36-64)90(109)110)83-68-23-20-65(99)37-75(68)117-76-38-66(100)21-24-69(76)83/h9-11,13-14,16-27,29-38,56-59,71,80,92,99H,12,15,28,39-51H2,1-8H3,(H2,91,103)(H,93,104)(H,94,101)(H,109,110)/b52-29+,53-30+,54-31+,55-32+/t56-,57+,58-,59+,71-,80?/m0/s1. The molecule has 5 heterocycles. The number of primary amides is 1. The summed E-state index contributed by atoms with van der Waals surface area (Å²) in [4.78, 5) is 143. The second-order valence-electron chi connectivity index (χ2n) is 30.3. The summed E-state index contributed by atoms with van der Waals surface area (Å²) in [5.74, 6) is -3.83. The molecule has 118 heavy (non-hydrogen) atoms. The second kappa shape index (κ2) is 38.4. The first-order chi connectivity index (χ1) is 56.6. The maximum Gasteiger partial charge on any atom is 0.336 e. The molecule has 6 aliphatic rings. The van der Waals surface area contributed by atoms with E-state index in [9.17, 15) is 53.4 Å². The number of carboxylic acids is 1. The van der Waals surface area contributed by atoms with Crippen molar-refractivity contribution in [1.29, 1.82) is 0 Å². The molecule has 6 aromatic carbocycles. The van der Waals surface area contributed by atoms with Crippen molar-refractivity contribution >= 4 is 81.6 Å². The molecule has 0 aromatic heterocycles. The van der Waals surface area contributed by atoms with Gasteiger partial charge in [-0.1, -0.05) is 129 Å². The quantitative estimate of drug-likeness (QED) is 0.00919. The Morgan fingerprint density at radius 1 is 0.576 bits per heavy atom. The molecule has 1 saturated heterocycles. The predicted octanol–water partition coefficient (Wildman–Crippen LogP) is 11.6. The van der Waals surface area contributed by atoms with Crippen molar-refractivity contribution in [1.82, 2.24) is 30.7 Å². The van der Waals surface area contributed by atoms with E-state index in [1.54, 1.807) is 33.8 Å². The third-order valence-corrected chi connectivity index (χ3v) is 21.8. The van der Waals surface area contributed by atoms with Crippen molar-refractivity contribution in [3.63, 3.8) is 0 Å². The first kappa shape index (κ1) is 84.7. The molecular formula is C90H96N8O19S. The van der Waals surface area contributed by atoms with Gasteiger partial charge in [-0.05, 0) is 135 Å². The van der Waals surface area contributed by atoms with E-state index in [1.807, 2.05) is 152 Å². The van der Waals surface area contributed by atoms with Crippen LogP contribution in [0, 0.1) is 23.7 Å². The van der Waals surface area contributed by atoms with Crippen molar-refractivity contribution in [2.24, 2.45) is 29.4 Å². The Kier molecular flexibility index (Phi) is 27.6. The molecule has 7 N–H and O–H groups in total. The first-order valence-electron chi connectivity index (χ1n) is 39.0. The highest BCUT2D eigenvalue weighted by Crippen LogP contribution is 2.44. The van der Waals surface area contributed by atoms with E-state index in [2.05, 4.69) is 16.0 Å². The summed E-state index contributed by atoms with van der Waals surface area (Å²) in [6, 6.07) is 37.7. The van der Waals surface area contributed by atoms with Gasteiger partial charge in [0.2, 0.25) is 67.6 Å². The molecule has 0 saturated carbocycles. The summed E-state index contributed by atoms with van der Waals surface area (Å²) in [5.41, 5.74) is 13.0. The summed E-state index contributed by atoms with van der Waals surface area (Å²) in [6.45, 7) is 17.8. The van der Waals surface area contributed by atoms with Crippen LogP contribution in [0.3, 0.4) is 0 Å². The van der Waals surface area contributed by atoms with Crippen LogP contribution in [-0.4, -0.2) is 148 Å². The maximum atomic E-state index is 15.1. The van der Waals surface area contributed by atoms with Crippen LogP contribution in [0.25, 0.3) is 33.4 Å². The Balaban J connectivity index is 0.646. The monoisotopic (exact) mass is 1620 g/mol. The molecular weight excluding hydrogens is 1530 g/mol. The van der Waals surface area contributed by atoms with E-state index < -0.39 is 64.6 Å². The zero-order valence-electron chi connectivity index (χ0n) is 67.0. The minimum Gasteiger partial charge on any atom is -0.508 e. The molecule has 1 aliphatic carbocycles. The molecule has 0 spiro atoms. The normalized spacial score (nSPS) is 15.7. The Hall–Kier alpha value is -12.7. The zero-order chi connectivity index (χ0) is 84.0. The number of phenols is 1. The number of hydrogen-bond donors (Lipinski definition) is 6. The molecule has 12 rings (SSSR count). The number of nitrogens with two attached hydrogens (primary N) is 1. The van der Waals surface area contributed by atoms with E-state index in [1.165, 1.54) is 48.5 Å². The zero-order valence-corrected chi connectivity index (χ0v) is 67.8. The summed E-state index contributed by atoms with van der Waals surface area (Å²) < 4.78 is 39.6. The molecule has 0 bridgehead atoms. The molecule has 6 atom stereocenters. The van der Waals surface area contributed by atoms with Gasteiger partial charge >= 0.3 is 5.97 Å². The SMILES string of the molecule is C/C(=C\[C@@H](C)C(=O)N(C/C(C)=C/[C@@H](C)C(=O)N(C/C(C)=C/[C@H](C)C(=O)N(C/C(C)=C/[C@H](C)C(=O)NCCCC(=O)N[C@@H](CSC1CC(=O)N(c2ccc(-c3c4ccc(=O)cc-4oc4cc(O)ccc34)c(C(=O)O)c2)C1=O)C(N)=O)Cc1ccccc1)Cc1ccc2c(c1)OCO2)Cc1ccc2c(c1)OCO2)CNCc1ccc2c(c1)OCO2. The summed E-state index contributed by atoms with van der Waals surface area (Å²) in [5, 5.41) is 29.1. The minimum atomic E-state index is -1.39. The summed E-state index contributed by atoms with van der Waals surface area (Å²) in [7, 11) is 0. The van der Waals surface area contributed by atoms with Crippen molar-refractivity contribution < 1.29 is 86.2 Å². The number of benzene rings is 7. The summed E-state index contributed by atoms with van der Waals surface area (Å²) in [6.07, 6.45) is 7.27. The van der Waals surface area contributed by atoms with E-state index in [-0.39, 0.29) is 154 Å². The Morgan fingerprint density at radius 2 is 1.09 bits per heavy atom. The highest BCUT2D eigenvalue weighted by Gasteiger charge is 2.41. The van der Waals surface area contributed by atoms with Crippen LogP contribution in [-0.2, 0) is 64.5 Å². The van der Waals surface area contributed by atoms with Gasteiger partial charge in [0.25, 0.3) is 0 Å². The molecule has 6 aromatic rings. The van der Waals surface area contributed by atoms with E-state index in [0.717, 1.165) is 67.0 Å². The van der Waals surface area contributed by atoms with Crippen molar-refractivity contribution in [2.45, 2.75) is 112 Å². The van der Waals surface area contributed by atoms with Crippen molar-refractivity contribution in [3.8, 4) is 62.7 Å². The molecule has 616 valence electrons. The van der Waals surface area contributed by atoms with Crippen LogP contribution in [0.2, 0.25) is 0 Å². The van der Waals surface area contributed by atoms with Gasteiger partial charge in [0.1, 0.15) is 23.1 Å². The van der Waals surface area contributed by atoms with E-state index in [4.69, 9.17) is 38.6 Å². The number of hydrogen-bond acceptors (Lipinski definition) is 20. The number of nitrogens with one attached hydrogen (secondary N) is 3. The number of imide groups is 1. The third kappa shape index (κ3) is 21.3. The number of carbonyl (C=O) groups is 9. The van der Waals surface area contributed by atoms with Crippen LogP contribution in [0.1, 0.15) is 107 Å². The molecule has 0 radical (unpaired) electrons. The Morgan fingerprint density at radius 3 is 1.65 bits per heavy atom. The largest absolute Gasteiger partial charge is 0.508 e. The lowest BCUT2D eigenvalue weighted by molar-refractivity contribution is -0.134. The molecule has 5 aliphatic heterocycles. The number of ether oxygens (including phenoxy) is 6. The van der Waals surface area contributed by atoms with E-state index >= 15 is 4.79 Å². The van der Waals surface area contributed by atoms with Gasteiger partial charge in [0.15, 0.2) is 39.9 Å². The third-order valence-electron chi connectivity index (χ3n) is 20.5. The number of nitrogens with zero attached hydrogens (tertiary/aromatic N) is 4. The average Bonchev–Trinajstić information content (AvgIpc) is 1.11. The van der Waals surface area contributed by atoms with Gasteiger partial charge < -0.3 is 79.4 Å². The van der Waals surface area contributed by atoms with Crippen LogP contribution >= 0.6 is 11.8 Å². The van der Waals surface area contributed by atoms with Crippen LogP contribution in [0.15, 0.2) is 195 Å². The fourth-order valence-corrected chi connectivity index (χ4v) is 16.1. The minimum absolute atomic E-state index is 0.0265. The Bertz CT molecular complexity index is 5330. The fraction of sp³-hybridized carbons (Fsp3) is 0.333. The lowest BCUT2D eigenvalue weighted by Gasteiger charge is -2.28. The molecule has 27 nitrogen and oxygen atoms in total. The van der Waals surface area contributed by atoms with Crippen molar-refractivity contribution in [3.05, 3.63) is 224 Å². The number of thioether (sulfide) groups is 1. The number of anilines is 1. The smallest absolute Gasteiger partial charge is 0.336 e. The number of amides is 8. The predicted molar refractivity (Wildman–Crippen MR) is 444 cm³/mol. The van der Waals surface area contributed by atoms with Gasteiger partial charge in [-0.15, -0.1) is 11.8 Å². The highest BCUT2D eigenvalue weighted by molar-refractivity contribution is 8.00. The number of carboxylic acid groups (broad SMARTS) is 1. The molecule has 1 unspecified atom stereocenters. The second-order valence-corrected chi connectivity index (χ2v) is 31.5. The number of phenolic OH excluding ortho intramolecular Hbond substituents is 1. The highest BCUT2D eigenvalue weighted by atomic mass is 32.2. The van der Waals surface area contributed by atoms with Crippen LogP contribution in [0.4, 0.5) is 5.69 Å². The van der Waals surface area contributed by atoms with Gasteiger partial charge in [0.05, 0.1) is 40.2 Å². The van der Waals surface area contributed by atoms with Gasteiger partial charge in [-0.25, -0.2) is 9.69 Å². The topological polar surface area (TPSA) is 355 Å². The number of aromatic carboxylic acids is 1. The number of carbonyl (C=O) groups excluding carboxylic acids is 8. The molecule has 8 amide bonds. The number of fused-ring (bicyclic) bond motifs is 5. The van der Waals surface area contributed by atoms with E-state index in [0.29, 0.717) is 58.4 Å². The van der Waals surface area contributed by atoms with Gasteiger partial charge in [-0.3, -0.25) is 43.2 Å². The maximum absolute atomic E-state index is 15.1. The molecule has 1 fully saturated rings. The Labute approximate surface area is 687 Å². The number of rotatable bonds is 36. The molecule has 28 heteroatoms. The fourth-order valence-electron chi connectivity index (χ4n) is 14.9. The summed E-state index contributed by atoms with van der Waals surface area (Å²) >= 11 is 0.929. The van der Waals surface area contributed by atoms with Crippen LogP contribution < -0.4 is 60.4 Å². The average molecular weight is 1630 g/mol. The van der Waals surface area contributed by atoms with Crippen LogP contribution in [0.5, 0.6) is 40.2 Å². The number of aromatic hydroxyl groups is 1. The van der Waals surface area contributed by atoms with Gasteiger partial charge in [0, 0.05) is 106 Å². The van der Waals surface area contributed by atoms with Gasteiger partial charge in [-0.2, -0.15) is 0 Å².